The summed E-state index contributed by atoms with van der Waals surface area (Å²) in [6.45, 7) is 1.43. The predicted molar refractivity (Wildman–Crippen MR) is 128 cm³/mol. The van der Waals surface area contributed by atoms with Crippen LogP contribution in [0.4, 0.5) is 5.13 Å². The maximum absolute atomic E-state index is 11.6. The number of piperidine rings is 1. The molecule has 3 heterocycles. The molecule has 8 nitrogen and oxygen atoms in total. The summed E-state index contributed by atoms with van der Waals surface area (Å²) >= 11 is 1.75. The van der Waals surface area contributed by atoms with Crippen molar-refractivity contribution in [3.63, 3.8) is 0 Å². The van der Waals surface area contributed by atoms with Gasteiger partial charge >= 0.3 is 0 Å². The average Bonchev–Trinajstić information content (AvgIpc) is 3.20. The fraction of sp³-hybridized carbons (Fsp3) is 0.478. The number of fused-ring (bicyclic) bond motifs is 1. The van der Waals surface area contributed by atoms with Crippen LogP contribution in [-0.4, -0.2) is 58.6 Å². The number of H-pyrrole nitrogens is 1. The number of amides is 1. The van der Waals surface area contributed by atoms with E-state index < -0.39 is 0 Å². The van der Waals surface area contributed by atoms with Crippen LogP contribution in [-0.2, 0) is 9.53 Å². The van der Waals surface area contributed by atoms with Gasteiger partial charge in [-0.25, -0.2) is 4.98 Å². The Balaban J connectivity index is 0.000000185. The summed E-state index contributed by atoms with van der Waals surface area (Å²) in [5.74, 6) is 0.146. The Morgan fingerprint density at radius 2 is 2.06 bits per heavy atom. The highest BCUT2D eigenvalue weighted by Gasteiger charge is 2.25. The number of carbonyl (C=O) groups excluding carboxylic acids is 1. The van der Waals surface area contributed by atoms with Gasteiger partial charge in [0.25, 0.3) is 5.56 Å². The first-order chi connectivity index (χ1) is 15.6. The smallest absolute Gasteiger partial charge is 0.269 e. The first-order valence-electron chi connectivity index (χ1n) is 11.1. The van der Waals surface area contributed by atoms with E-state index in [2.05, 4.69) is 38.5 Å². The zero-order valence-electron chi connectivity index (χ0n) is 18.3. The van der Waals surface area contributed by atoms with Crippen molar-refractivity contribution in [2.45, 2.75) is 44.1 Å². The number of para-hydroxylation sites is 1. The first kappa shape index (κ1) is 22.4. The van der Waals surface area contributed by atoms with Crippen molar-refractivity contribution in [3.05, 3.63) is 52.7 Å². The number of aromatic nitrogens is 3. The fourth-order valence-corrected chi connectivity index (χ4v) is 4.87. The molecule has 32 heavy (non-hydrogen) atoms. The van der Waals surface area contributed by atoms with E-state index in [0.717, 1.165) is 23.5 Å². The third-order valence-corrected chi connectivity index (χ3v) is 6.93. The minimum absolute atomic E-state index is 0. The number of rotatable bonds is 5. The summed E-state index contributed by atoms with van der Waals surface area (Å²) < 4.78 is 6.10. The molecule has 0 atom stereocenters. The van der Waals surface area contributed by atoms with Crippen LogP contribution in [0, 0.1) is 0 Å². The topological polar surface area (TPSA) is 100 Å². The number of hydrogen-bond acceptors (Lipinski definition) is 7. The van der Waals surface area contributed by atoms with Gasteiger partial charge in [0.1, 0.15) is 12.3 Å². The number of ether oxygens (including phenoxy) is 1. The van der Waals surface area contributed by atoms with E-state index in [1.165, 1.54) is 37.3 Å². The maximum atomic E-state index is 11.6. The molecular weight excluding hydrogens is 426 g/mol. The van der Waals surface area contributed by atoms with Crippen molar-refractivity contribution in [1.82, 2.24) is 19.9 Å². The Morgan fingerprint density at radius 1 is 1.28 bits per heavy atom. The quantitative estimate of drug-likeness (QED) is 0.607. The van der Waals surface area contributed by atoms with Gasteiger partial charge in [0.15, 0.2) is 5.13 Å². The highest BCUT2D eigenvalue weighted by atomic mass is 32.1. The standard InChI is InChI=1S/C12H17N3O3.C11H12N2S.H2/c1-18-8-10(16)15-6-2-9(3-7-15)11-12(17)14-5-4-13-11;1-2-7-10-9(6-1)13-11(14-10)12-8-4-3-5-8;/h4-5,9H,2-3,6-8H2,1H3,(H,14,17);1-2,6-8H,3-5H2,(H,12,13);1H. The highest BCUT2D eigenvalue weighted by Crippen LogP contribution is 2.29. The molecule has 2 aliphatic rings. The van der Waals surface area contributed by atoms with Gasteiger partial charge in [-0.2, -0.15) is 0 Å². The number of nitrogens with zero attached hydrogens (tertiary/aromatic N) is 3. The number of likely N-dealkylation sites (tertiary alicyclic amines) is 1. The van der Waals surface area contributed by atoms with Gasteiger partial charge in [-0.15, -0.1) is 0 Å². The molecule has 3 aromatic rings. The van der Waals surface area contributed by atoms with E-state index in [1.807, 2.05) is 6.07 Å². The number of anilines is 1. The number of nitrogens with one attached hydrogen (secondary N) is 2. The lowest BCUT2D eigenvalue weighted by molar-refractivity contribution is -0.136. The lowest BCUT2D eigenvalue weighted by Gasteiger charge is -2.31. The van der Waals surface area contributed by atoms with Crippen LogP contribution in [0.15, 0.2) is 41.5 Å². The van der Waals surface area contributed by atoms with Crippen molar-refractivity contribution in [3.8, 4) is 0 Å². The molecule has 0 bridgehead atoms. The molecule has 1 aliphatic carbocycles. The lowest BCUT2D eigenvalue weighted by Crippen LogP contribution is -2.40. The van der Waals surface area contributed by atoms with Gasteiger partial charge in [-0.3, -0.25) is 14.6 Å². The van der Waals surface area contributed by atoms with E-state index in [9.17, 15) is 9.59 Å². The zero-order valence-corrected chi connectivity index (χ0v) is 19.1. The summed E-state index contributed by atoms with van der Waals surface area (Å²) in [5.41, 5.74) is 1.56. The van der Waals surface area contributed by atoms with E-state index in [0.29, 0.717) is 24.8 Å². The number of methoxy groups -OCH3 is 1. The Kier molecular flexibility index (Phi) is 7.49. The number of carbonyl (C=O) groups is 1. The van der Waals surface area contributed by atoms with E-state index in [1.54, 1.807) is 22.4 Å². The Labute approximate surface area is 192 Å². The van der Waals surface area contributed by atoms with Crippen molar-refractivity contribution in [1.29, 1.82) is 0 Å². The van der Waals surface area contributed by atoms with Crippen LogP contribution >= 0.6 is 11.3 Å². The van der Waals surface area contributed by atoms with Gasteiger partial charge in [-0.05, 0) is 44.2 Å². The van der Waals surface area contributed by atoms with Crippen molar-refractivity contribution in [2.75, 3.05) is 32.1 Å². The van der Waals surface area contributed by atoms with Crippen molar-refractivity contribution in [2.24, 2.45) is 0 Å². The Morgan fingerprint density at radius 3 is 2.72 bits per heavy atom. The molecule has 0 unspecified atom stereocenters. The molecule has 172 valence electrons. The number of hydrogen-bond donors (Lipinski definition) is 2. The van der Waals surface area contributed by atoms with Gasteiger partial charge in [-0.1, -0.05) is 23.5 Å². The normalized spacial score (nSPS) is 16.8. The van der Waals surface area contributed by atoms with Crippen LogP contribution in [0.3, 0.4) is 0 Å². The molecule has 2 fully saturated rings. The minimum Gasteiger partial charge on any atom is -0.375 e. The van der Waals surface area contributed by atoms with E-state index >= 15 is 0 Å². The molecule has 1 saturated heterocycles. The molecule has 1 aliphatic heterocycles. The number of thiazole rings is 1. The summed E-state index contributed by atoms with van der Waals surface area (Å²) in [6, 6.07) is 8.97. The monoisotopic (exact) mass is 457 g/mol. The zero-order chi connectivity index (χ0) is 22.3. The molecule has 2 N–H and O–H groups in total. The Bertz CT molecular complexity index is 1060. The second-order valence-electron chi connectivity index (χ2n) is 8.15. The SMILES string of the molecule is COCC(=O)N1CCC(c2ncc[nH]c2=O)CC1.[HH].c1ccc2sc(NC3CCC3)nc2c1. The lowest BCUT2D eigenvalue weighted by atomic mass is 9.93. The third-order valence-electron chi connectivity index (χ3n) is 5.96. The molecule has 5 rings (SSSR count). The summed E-state index contributed by atoms with van der Waals surface area (Å²) in [6.07, 6.45) is 8.64. The number of aromatic amines is 1. The number of benzene rings is 1. The van der Waals surface area contributed by atoms with Crippen LogP contribution in [0.2, 0.25) is 0 Å². The Hall–Kier alpha value is -2.78. The van der Waals surface area contributed by atoms with E-state index in [-0.39, 0.29) is 25.4 Å². The van der Waals surface area contributed by atoms with Gasteiger partial charge in [0, 0.05) is 46.0 Å². The van der Waals surface area contributed by atoms with Crippen molar-refractivity contribution >= 4 is 32.6 Å². The molecular formula is C23H31N5O3S. The van der Waals surface area contributed by atoms with Gasteiger partial charge in [0.2, 0.25) is 5.91 Å². The van der Waals surface area contributed by atoms with E-state index in [4.69, 9.17) is 4.74 Å². The molecule has 0 spiro atoms. The van der Waals surface area contributed by atoms with Gasteiger partial charge < -0.3 is 19.9 Å². The summed E-state index contributed by atoms with van der Waals surface area (Å²) in [7, 11) is 1.51. The minimum atomic E-state index is -0.126. The molecule has 1 aromatic carbocycles. The molecule has 1 amide bonds. The first-order valence-corrected chi connectivity index (χ1v) is 11.9. The highest BCUT2D eigenvalue weighted by molar-refractivity contribution is 7.22. The summed E-state index contributed by atoms with van der Waals surface area (Å²) in [5, 5.41) is 4.55. The largest absolute Gasteiger partial charge is 0.375 e. The van der Waals surface area contributed by atoms with Crippen LogP contribution < -0.4 is 10.9 Å². The summed E-state index contributed by atoms with van der Waals surface area (Å²) in [4.78, 5) is 36.3. The molecule has 9 heteroatoms. The maximum Gasteiger partial charge on any atom is 0.269 e. The average molecular weight is 458 g/mol. The third kappa shape index (κ3) is 5.52. The van der Waals surface area contributed by atoms with Crippen LogP contribution in [0.1, 0.15) is 45.1 Å². The fourth-order valence-electron chi connectivity index (χ4n) is 3.93. The van der Waals surface area contributed by atoms with Crippen LogP contribution in [0.5, 0.6) is 0 Å². The van der Waals surface area contributed by atoms with Crippen molar-refractivity contribution < 1.29 is 11.0 Å². The second-order valence-corrected chi connectivity index (χ2v) is 9.18. The van der Waals surface area contributed by atoms with Gasteiger partial charge in [0.05, 0.1) is 10.2 Å². The van der Waals surface area contributed by atoms with Crippen LogP contribution in [0.25, 0.3) is 10.2 Å². The molecule has 0 radical (unpaired) electrons. The molecule has 2 aromatic heterocycles. The predicted octanol–water partition coefficient (Wildman–Crippen LogP) is 3.63. The molecule has 1 saturated carbocycles. The second kappa shape index (κ2) is 10.7.